The molecule has 4 rings (SSSR count). The highest BCUT2D eigenvalue weighted by atomic mass is 19.4. The Morgan fingerprint density at radius 3 is 2.51 bits per heavy atom. The second-order valence-electron chi connectivity index (χ2n) is 8.87. The van der Waals surface area contributed by atoms with Crippen LogP contribution in [-0.2, 0) is 10.9 Å². The van der Waals surface area contributed by atoms with Gasteiger partial charge in [0.1, 0.15) is 11.5 Å². The normalized spacial score (nSPS) is 19.6. The van der Waals surface area contributed by atoms with E-state index in [1.54, 1.807) is 17.9 Å². The van der Waals surface area contributed by atoms with Crippen LogP contribution in [0.25, 0.3) is 10.9 Å². The zero-order valence-corrected chi connectivity index (χ0v) is 19.7. The van der Waals surface area contributed by atoms with Crippen LogP contribution in [0.3, 0.4) is 0 Å². The van der Waals surface area contributed by atoms with Crippen LogP contribution in [0.15, 0.2) is 35.3 Å². The first-order valence-corrected chi connectivity index (χ1v) is 11.2. The number of ether oxygens (including phenoxy) is 1. The molecular weight excluding hydrogens is 463 g/mol. The molecule has 3 heterocycles. The van der Waals surface area contributed by atoms with Gasteiger partial charge in [0.15, 0.2) is 0 Å². The highest BCUT2D eigenvalue weighted by molar-refractivity contribution is 5.92. The number of nitrogens with zero attached hydrogens (tertiary/aromatic N) is 3. The number of aromatic nitrogens is 3. The summed E-state index contributed by atoms with van der Waals surface area (Å²) in [7, 11) is 0. The fourth-order valence-electron chi connectivity index (χ4n) is 4.36. The first kappa shape index (κ1) is 24.6. The first-order valence-electron chi connectivity index (χ1n) is 11.2. The first-order chi connectivity index (χ1) is 16.4. The number of carbonyl (C=O) groups excluding carboxylic acids is 1. The number of anilines is 1. The molecule has 35 heavy (non-hydrogen) atoms. The average molecular weight is 489 g/mol. The van der Waals surface area contributed by atoms with Gasteiger partial charge in [-0.15, -0.1) is 0 Å². The summed E-state index contributed by atoms with van der Waals surface area (Å²) in [5, 5.41) is 3.06. The molecule has 0 radical (unpaired) electrons. The molecule has 8 nitrogen and oxygen atoms in total. The summed E-state index contributed by atoms with van der Waals surface area (Å²) in [4.78, 5) is 37.6. The Balaban J connectivity index is 1.59. The highest BCUT2D eigenvalue weighted by Gasteiger charge is 2.35. The minimum atomic E-state index is -4.64. The standard InChI is InChI=1S/C24H26F3N5O3/c1-12-10-32(11-13(2)35-12)23(34)20-6-5-16(9-28-20)29-14(3)17-7-18-21(8-19(17)24(25,26)27)30-15(4)31-22(18)33/h5-9,12-14,29H,10-11H2,1-4H3,(H,30,31,33)/t12-,13+,14-/m1/s1. The molecule has 11 heteroatoms. The van der Waals surface area contributed by atoms with E-state index in [-0.39, 0.29) is 46.1 Å². The number of rotatable bonds is 4. The molecule has 186 valence electrons. The maximum atomic E-state index is 13.8. The molecule has 1 aromatic carbocycles. The number of benzene rings is 1. The summed E-state index contributed by atoms with van der Waals surface area (Å²) in [5.74, 6) is -0.00115. The smallest absolute Gasteiger partial charge is 0.377 e. The molecule has 0 spiro atoms. The van der Waals surface area contributed by atoms with E-state index in [0.29, 0.717) is 18.8 Å². The van der Waals surface area contributed by atoms with E-state index >= 15 is 0 Å². The lowest BCUT2D eigenvalue weighted by atomic mass is 9.98. The summed E-state index contributed by atoms with van der Waals surface area (Å²) in [6.45, 7) is 7.76. The van der Waals surface area contributed by atoms with Crippen LogP contribution >= 0.6 is 0 Å². The van der Waals surface area contributed by atoms with Crippen LogP contribution in [-0.4, -0.2) is 51.1 Å². The van der Waals surface area contributed by atoms with Gasteiger partial charge in [-0.25, -0.2) is 9.97 Å². The van der Waals surface area contributed by atoms with Gasteiger partial charge in [-0.1, -0.05) is 0 Å². The molecule has 1 aliphatic rings. The van der Waals surface area contributed by atoms with E-state index in [9.17, 15) is 22.8 Å². The number of hydrogen-bond donors (Lipinski definition) is 2. The third-order valence-corrected chi connectivity index (χ3v) is 5.84. The SMILES string of the molecule is Cc1nc2cc(C(F)(F)F)c([C@@H](C)Nc3ccc(C(=O)N4C[C@@H](C)O[C@@H](C)C4)nc3)cc2c(=O)[nH]1. The van der Waals surface area contributed by atoms with Gasteiger partial charge < -0.3 is 19.9 Å². The number of aryl methyl sites for hydroxylation is 1. The molecule has 1 fully saturated rings. The van der Waals surface area contributed by atoms with E-state index in [0.717, 1.165) is 6.07 Å². The van der Waals surface area contributed by atoms with Crippen LogP contribution in [0.4, 0.5) is 18.9 Å². The van der Waals surface area contributed by atoms with Crippen molar-refractivity contribution in [1.82, 2.24) is 19.9 Å². The Kier molecular flexibility index (Phi) is 6.54. The number of nitrogens with one attached hydrogen (secondary N) is 2. The third-order valence-electron chi connectivity index (χ3n) is 5.84. The van der Waals surface area contributed by atoms with Crippen LogP contribution in [0, 0.1) is 6.92 Å². The summed E-state index contributed by atoms with van der Waals surface area (Å²) >= 11 is 0. The number of halogens is 3. The molecule has 0 aliphatic carbocycles. The molecular formula is C24H26F3N5O3. The van der Waals surface area contributed by atoms with Gasteiger partial charge in [0.2, 0.25) is 0 Å². The number of aromatic amines is 1. The summed E-state index contributed by atoms with van der Waals surface area (Å²) < 4.78 is 47.2. The Morgan fingerprint density at radius 2 is 1.91 bits per heavy atom. The highest BCUT2D eigenvalue weighted by Crippen LogP contribution is 2.37. The second-order valence-corrected chi connectivity index (χ2v) is 8.87. The van der Waals surface area contributed by atoms with Gasteiger partial charge in [0.25, 0.3) is 11.5 Å². The second kappa shape index (κ2) is 9.29. The van der Waals surface area contributed by atoms with E-state index in [4.69, 9.17) is 4.74 Å². The van der Waals surface area contributed by atoms with Gasteiger partial charge >= 0.3 is 6.18 Å². The fourth-order valence-corrected chi connectivity index (χ4v) is 4.36. The Hall–Kier alpha value is -3.47. The molecule has 1 aliphatic heterocycles. The molecule has 3 aromatic rings. The van der Waals surface area contributed by atoms with Crippen molar-refractivity contribution in [1.29, 1.82) is 0 Å². The van der Waals surface area contributed by atoms with Gasteiger partial charge in [-0.2, -0.15) is 13.2 Å². The topological polar surface area (TPSA) is 100 Å². The zero-order chi connectivity index (χ0) is 25.5. The number of morpholine rings is 1. The van der Waals surface area contributed by atoms with Crippen molar-refractivity contribution in [3.63, 3.8) is 0 Å². The molecule has 1 amide bonds. The lowest BCUT2D eigenvalue weighted by Gasteiger charge is -2.35. The van der Waals surface area contributed by atoms with Gasteiger partial charge in [-0.3, -0.25) is 9.59 Å². The Bertz CT molecular complexity index is 1300. The van der Waals surface area contributed by atoms with Crippen molar-refractivity contribution < 1.29 is 22.7 Å². The number of H-pyrrole nitrogens is 1. The number of alkyl halides is 3. The van der Waals surface area contributed by atoms with Crippen molar-refractivity contribution in [2.75, 3.05) is 18.4 Å². The average Bonchev–Trinajstić information content (AvgIpc) is 2.77. The van der Waals surface area contributed by atoms with Crippen molar-refractivity contribution in [3.8, 4) is 0 Å². The zero-order valence-electron chi connectivity index (χ0n) is 19.7. The number of carbonyl (C=O) groups is 1. The van der Waals surface area contributed by atoms with Crippen molar-refractivity contribution >= 4 is 22.5 Å². The van der Waals surface area contributed by atoms with Gasteiger partial charge in [0, 0.05) is 19.1 Å². The summed E-state index contributed by atoms with van der Waals surface area (Å²) in [6.07, 6.45) is -3.40. The van der Waals surface area contributed by atoms with Crippen LogP contribution in [0.1, 0.15) is 54.3 Å². The Morgan fingerprint density at radius 1 is 1.23 bits per heavy atom. The molecule has 0 bridgehead atoms. The third kappa shape index (κ3) is 5.29. The van der Waals surface area contributed by atoms with Gasteiger partial charge in [-0.05, 0) is 57.5 Å². The minimum Gasteiger partial charge on any atom is -0.377 e. The number of hydrogen-bond acceptors (Lipinski definition) is 6. The predicted octanol–water partition coefficient (Wildman–Crippen LogP) is 4.07. The van der Waals surface area contributed by atoms with E-state index in [1.165, 1.54) is 25.3 Å². The van der Waals surface area contributed by atoms with Crippen molar-refractivity contribution in [3.05, 3.63) is 63.5 Å². The number of fused-ring (bicyclic) bond motifs is 1. The van der Waals surface area contributed by atoms with Crippen LogP contribution < -0.4 is 10.9 Å². The van der Waals surface area contributed by atoms with Crippen LogP contribution in [0.5, 0.6) is 0 Å². The fraction of sp³-hybridized carbons (Fsp3) is 0.417. The minimum absolute atomic E-state index is 0.0224. The maximum absolute atomic E-state index is 13.8. The molecule has 2 aromatic heterocycles. The molecule has 2 N–H and O–H groups in total. The summed E-state index contributed by atoms with van der Waals surface area (Å²) in [5.41, 5.74) is -0.840. The quantitative estimate of drug-likeness (QED) is 0.573. The molecule has 3 atom stereocenters. The Labute approximate surface area is 199 Å². The number of amides is 1. The molecule has 0 saturated carbocycles. The lowest BCUT2D eigenvalue weighted by molar-refractivity contribution is -0.138. The monoisotopic (exact) mass is 489 g/mol. The van der Waals surface area contributed by atoms with E-state index < -0.39 is 23.3 Å². The molecule has 0 unspecified atom stereocenters. The van der Waals surface area contributed by atoms with E-state index in [1.807, 2.05) is 13.8 Å². The van der Waals surface area contributed by atoms with Crippen molar-refractivity contribution in [2.45, 2.75) is 52.1 Å². The predicted molar refractivity (Wildman–Crippen MR) is 124 cm³/mol. The maximum Gasteiger partial charge on any atom is 0.416 e. The van der Waals surface area contributed by atoms with Gasteiger partial charge in [0.05, 0.1) is 40.6 Å². The largest absolute Gasteiger partial charge is 0.416 e. The number of pyridine rings is 1. The van der Waals surface area contributed by atoms with Crippen molar-refractivity contribution in [2.24, 2.45) is 0 Å². The van der Waals surface area contributed by atoms with E-state index in [2.05, 4.69) is 20.3 Å². The summed E-state index contributed by atoms with van der Waals surface area (Å²) in [6, 6.07) is 4.42. The molecule has 1 saturated heterocycles. The van der Waals surface area contributed by atoms with Crippen LogP contribution in [0.2, 0.25) is 0 Å². The lowest BCUT2D eigenvalue weighted by Crippen LogP contribution is -2.48.